The molecule has 2 atom stereocenters. The lowest BCUT2D eigenvalue weighted by Crippen LogP contribution is -2.59. The van der Waals surface area contributed by atoms with Gasteiger partial charge in [-0.25, -0.2) is 4.79 Å². The van der Waals surface area contributed by atoms with E-state index in [1.165, 1.54) is 25.2 Å². The van der Waals surface area contributed by atoms with Gasteiger partial charge in [0, 0.05) is 14.1 Å². The second-order valence-corrected chi connectivity index (χ2v) is 17.4. The minimum absolute atomic E-state index is 0.0891. The number of carbonyl (C=O) groups excluding carboxylic acids is 1. The summed E-state index contributed by atoms with van der Waals surface area (Å²) in [6.07, 6.45) is -7.06. The van der Waals surface area contributed by atoms with Gasteiger partial charge in [0.1, 0.15) is 12.1 Å². The van der Waals surface area contributed by atoms with Crippen molar-refractivity contribution in [2.45, 2.75) is 77.6 Å². The van der Waals surface area contributed by atoms with E-state index in [2.05, 4.69) is 10.3 Å². The highest BCUT2D eigenvalue weighted by Gasteiger charge is 2.52. The highest BCUT2D eigenvalue weighted by Crippen LogP contribution is 2.41. The average Bonchev–Trinajstić information content (AvgIpc) is 2.87. The number of halogens is 3. The lowest BCUT2D eigenvalue weighted by atomic mass is 9.98. The normalized spacial score (nSPS) is 14.2. The molecule has 1 amide bonds. The fraction of sp³-hybridized carbons (Fsp3) is 0.517. The van der Waals surface area contributed by atoms with Gasteiger partial charge in [-0.3, -0.25) is 19.0 Å². The van der Waals surface area contributed by atoms with Crippen LogP contribution in [0.5, 0.6) is 0 Å². The lowest BCUT2D eigenvalue weighted by Gasteiger charge is -2.42. The van der Waals surface area contributed by atoms with E-state index in [1.54, 1.807) is 57.3 Å². The molecule has 0 fully saturated rings. The van der Waals surface area contributed by atoms with Crippen LogP contribution in [0.3, 0.4) is 0 Å². The Morgan fingerprint density at radius 3 is 2.12 bits per heavy atom. The Morgan fingerprint density at radius 2 is 1.63 bits per heavy atom. The number of aromatic nitrogens is 3. The van der Waals surface area contributed by atoms with Crippen molar-refractivity contribution in [1.82, 2.24) is 19.5 Å². The molecular weight excluding hydrogens is 583 g/mol. The van der Waals surface area contributed by atoms with Crippen LogP contribution in [0.4, 0.5) is 13.2 Å². The number of alkyl halides is 3. The molecule has 10 nitrogen and oxygen atoms in total. The van der Waals surface area contributed by atoms with E-state index in [-0.39, 0.29) is 16.6 Å². The van der Waals surface area contributed by atoms with Crippen molar-refractivity contribution in [3.05, 3.63) is 67.6 Å². The van der Waals surface area contributed by atoms with Crippen LogP contribution >= 0.6 is 0 Å². The number of carbonyl (C=O) groups is 1. The zero-order chi connectivity index (χ0) is 32.7. The maximum atomic E-state index is 14.4. The molecule has 236 valence electrons. The van der Waals surface area contributed by atoms with E-state index in [0.29, 0.717) is 5.56 Å². The first kappa shape index (κ1) is 33.8. The molecule has 1 aromatic carbocycles. The highest BCUT2D eigenvalue weighted by molar-refractivity contribution is 6.74. The molecule has 14 heteroatoms. The maximum Gasteiger partial charge on any atom is 0.415 e. The van der Waals surface area contributed by atoms with E-state index in [0.717, 1.165) is 9.24 Å². The fourth-order valence-electron chi connectivity index (χ4n) is 4.48. The van der Waals surface area contributed by atoms with Crippen molar-refractivity contribution < 1.29 is 22.4 Å². The number of amides is 1. The number of nitrogens with one attached hydrogen (secondary N) is 2. The first-order valence-corrected chi connectivity index (χ1v) is 16.8. The van der Waals surface area contributed by atoms with E-state index in [1.807, 2.05) is 20.8 Å². The maximum absolute atomic E-state index is 14.4. The molecule has 2 aromatic heterocycles. The predicted octanol–water partition coefficient (Wildman–Crippen LogP) is 3.81. The number of hydrogen-bond acceptors (Lipinski definition) is 6. The van der Waals surface area contributed by atoms with Crippen LogP contribution in [0.2, 0.25) is 18.1 Å². The summed E-state index contributed by atoms with van der Waals surface area (Å²) in [6.45, 7) is 11.3. The van der Waals surface area contributed by atoms with E-state index < -0.39 is 66.9 Å². The Labute approximate surface area is 248 Å². The number of hydrogen-bond donors (Lipinski definition) is 2. The summed E-state index contributed by atoms with van der Waals surface area (Å²) in [4.78, 5) is 55.4. The molecule has 2 unspecified atom stereocenters. The largest absolute Gasteiger partial charge is 0.415 e. The first-order chi connectivity index (χ1) is 19.7. The topological polar surface area (TPSA) is 118 Å². The number of pyridine rings is 1. The van der Waals surface area contributed by atoms with Gasteiger partial charge < -0.3 is 19.7 Å². The summed E-state index contributed by atoms with van der Waals surface area (Å²) in [5, 5.41) is 3.13. The SMILES string of the molecule is CC(C)C(NC(=O)Cn1c(-c2ccccc2)cc2c(=O)n(N(C)C)c(=O)[nH]c2c1=O)C(O[Si](C)(C)C(C)(C)C)C(F)(F)F. The summed E-state index contributed by atoms with van der Waals surface area (Å²) in [7, 11) is 0.0498. The Morgan fingerprint density at radius 1 is 1.05 bits per heavy atom. The number of aromatic amines is 1. The van der Waals surface area contributed by atoms with Crippen molar-refractivity contribution in [2.75, 3.05) is 19.1 Å². The van der Waals surface area contributed by atoms with E-state index in [4.69, 9.17) is 4.43 Å². The number of fused-ring (bicyclic) bond motifs is 1. The zero-order valence-corrected chi connectivity index (χ0v) is 26.9. The van der Waals surface area contributed by atoms with Crippen LogP contribution < -0.4 is 27.1 Å². The van der Waals surface area contributed by atoms with Crippen molar-refractivity contribution >= 4 is 25.1 Å². The third-order valence-corrected chi connectivity index (χ3v) is 12.3. The first-order valence-electron chi connectivity index (χ1n) is 13.9. The molecule has 0 aliphatic heterocycles. The van der Waals surface area contributed by atoms with Crippen LogP contribution in [0.15, 0.2) is 50.8 Å². The summed E-state index contributed by atoms with van der Waals surface area (Å²) < 4.78 is 51.0. The van der Waals surface area contributed by atoms with Crippen LogP contribution in [-0.2, 0) is 15.8 Å². The monoisotopic (exact) mass is 623 g/mol. The Balaban J connectivity index is 2.14. The molecule has 0 aliphatic carbocycles. The molecule has 43 heavy (non-hydrogen) atoms. The fourth-order valence-corrected chi connectivity index (χ4v) is 5.74. The average molecular weight is 624 g/mol. The third kappa shape index (κ3) is 7.12. The molecule has 0 spiro atoms. The smallest absolute Gasteiger partial charge is 0.404 e. The van der Waals surface area contributed by atoms with Gasteiger partial charge >= 0.3 is 11.9 Å². The molecule has 0 aliphatic rings. The predicted molar refractivity (Wildman–Crippen MR) is 163 cm³/mol. The number of H-pyrrole nitrogens is 1. The second-order valence-electron chi connectivity index (χ2n) is 12.6. The van der Waals surface area contributed by atoms with Crippen LogP contribution in [0.1, 0.15) is 34.6 Å². The van der Waals surface area contributed by atoms with Crippen molar-refractivity contribution in [3.63, 3.8) is 0 Å². The minimum atomic E-state index is -4.78. The van der Waals surface area contributed by atoms with Crippen LogP contribution in [0.25, 0.3) is 22.2 Å². The van der Waals surface area contributed by atoms with Crippen molar-refractivity contribution in [1.29, 1.82) is 0 Å². The molecule has 2 N–H and O–H groups in total. The van der Waals surface area contributed by atoms with E-state index in [9.17, 15) is 32.3 Å². The van der Waals surface area contributed by atoms with Gasteiger partial charge in [0.2, 0.25) is 5.91 Å². The summed E-state index contributed by atoms with van der Waals surface area (Å²) in [5.74, 6) is -1.54. The zero-order valence-electron chi connectivity index (χ0n) is 25.9. The summed E-state index contributed by atoms with van der Waals surface area (Å²) in [5.41, 5.74) is -2.13. The van der Waals surface area contributed by atoms with Gasteiger partial charge in [0.25, 0.3) is 11.1 Å². The molecule has 0 bridgehead atoms. The van der Waals surface area contributed by atoms with Crippen LogP contribution in [0, 0.1) is 5.92 Å². The molecule has 3 rings (SSSR count). The quantitative estimate of drug-likeness (QED) is 0.350. The minimum Gasteiger partial charge on any atom is -0.404 e. The van der Waals surface area contributed by atoms with Gasteiger partial charge in [0.15, 0.2) is 14.4 Å². The van der Waals surface area contributed by atoms with Gasteiger partial charge in [-0.1, -0.05) is 65.0 Å². The van der Waals surface area contributed by atoms with Crippen molar-refractivity contribution in [3.8, 4) is 11.3 Å². The Bertz CT molecular complexity index is 1650. The van der Waals surface area contributed by atoms with E-state index >= 15 is 0 Å². The third-order valence-electron chi connectivity index (χ3n) is 7.84. The highest BCUT2D eigenvalue weighted by atomic mass is 28.4. The summed E-state index contributed by atoms with van der Waals surface area (Å²) in [6, 6.07) is 8.38. The van der Waals surface area contributed by atoms with Crippen LogP contribution in [-0.4, -0.2) is 60.9 Å². The molecule has 3 aromatic rings. The lowest BCUT2D eigenvalue weighted by molar-refractivity contribution is -0.210. The number of benzene rings is 1. The molecule has 2 heterocycles. The summed E-state index contributed by atoms with van der Waals surface area (Å²) >= 11 is 0. The Kier molecular flexibility index (Phi) is 9.56. The standard InChI is InChI=1S/C29H40F3N5O5Si/c1-17(2)22(24(29(30,31)32)42-43(8,9)28(3,4)5)33-21(38)16-36-20(18-13-11-10-12-14-18)15-19-23(26(36)40)34-27(41)37(25(19)39)35(6)7/h10-15,17,22,24H,16H2,1-9H3,(H,33,38)(H,34,41). The molecule has 0 saturated heterocycles. The molecular formula is C29H40F3N5O5Si. The van der Waals surface area contributed by atoms with Gasteiger partial charge in [-0.15, -0.1) is 0 Å². The molecule has 0 saturated carbocycles. The Hall–Kier alpha value is -3.65. The number of nitrogens with zero attached hydrogens (tertiary/aromatic N) is 3. The number of rotatable bonds is 9. The van der Waals surface area contributed by atoms with Gasteiger partial charge in [0.05, 0.1) is 17.1 Å². The van der Waals surface area contributed by atoms with Gasteiger partial charge in [-0.05, 0) is 35.7 Å². The molecule has 0 radical (unpaired) electrons. The second kappa shape index (κ2) is 12.2. The van der Waals surface area contributed by atoms with Gasteiger partial charge in [-0.2, -0.15) is 17.8 Å². The van der Waals surface area contributed by atoms with Crippen molar-refractivity contribution in [2.24, 2.45) is 5.92 Å².